The summed E-state index contributed by atoms with van der Waals surface area (Å²) in [6.45, 7) is 2.06. The van der Waals surface area contributed by atoms with Gasteiger partial charge in [0.1, 0.15) is 17.9 Å². The number of rotatable bonds is 7. The summed E-state index contributed by atoms with van der Waals surface area (Å²) < 4.78 is 10.9. The number of para-hydroxylation sites is 1. The van der Waals surface area contributed by atoms with Gasteiger partial charge in [-0.3, -0.25) is 14.9 Å². The van der Waals surface area contributed by atoms with Crippen LogP contribution in [-0.4, -0.2) is 30.4 Å². The van der Waals surface area contributed by atoms with E-state index in [9.17, 15) is 19.2 Å². The predicted molar refractivity (Wildman–Crippen MR) is 139 cm³/mol. The summed E-state index contributed by atoms with van der Waals surface area (Å²) in [5.74, 6) is -1.79. The number of halogens is 2. The van der Waals surface area contributed by atoms with Gasteiger partial charge in [0.15, 0.2) is 0 Å². The van der Waals surface area contributed by atoms with Crippen LogP contribution in [0.4, 0.5) is 10.5 Å². The van der Waals surface area contributed by atoms with Crippen LogP contribution in [0.3, 0.4) is 0 Å². The molecule has 0 bridgehead atoms. The maximum atomic E-state index is 13.2. The van der Waals surface area contributed by atoms with Crippen LogP contribution in [0.1, 0.15) is 28.4 Å². The Hall–Kier alpha value is -4.14. The highest BCUT2D eigenvalue weighted by Gasteiger charge is 2.37. The molecule has 1 N–H and O–H groups in total. The number of nitrogens with zero attached hydrogens (tertiary/aromatic N) is 1. The number of esters is 1. The topological polar surface area (TPSA) is 102 Å². The fraction of sp³-hybridized carbons (Fsp3) is 0.111. The van der Waals surface area contributed by atoms with Crippen molar-refractivity contribution in [3.05, 3.63) is 99.0 Å². The molecule has 0 spiro atoms. The van der Waals surface area contributed by atoms with Gasteiger partial charge in [0.2, 0.25) is 0 Å². The molecule has 1 aliphatic rings. The zero-order valence-electron chi connectivity index (χ0n) is 19.5. The summed E-state index contributed by atoms with van der Waals surface area (Å²) in [6.07, 6.45) is 1.36. The van der Waals surface area contributed by atoms with Gasteiger partial charge in [-0.15, -0.1) is 0 Å². The largest absolute Gasteiger partial charge is 0.488 e. The molecular formula is C27H20Cl2N2O6. The molecule has 0 atom stereocenters. The first kappa shape index (κ1) is 25.9. The van der Waals surface area contributed by atoms with E-state index in [2.05, 4.69) is 5.32 Å². The quantitative estimate of drug-likeness (QED) is 0.245. The molecule has 37 heavy (non-hydrogen) atoms. The Morgan fingerprint density at radius 3 is 2.41 bits per heavy atom. The summed E-state index contributed by atoms with van der Waals surface area (Å²) in [6, 6.07) is 16.7. The van der Waals surface area contributed by atoms with Crippen LogP contribution in [0, 0.1) is 0 Å². The number of benzene rings is 3. The number of anilines is 1. The van der Waals surface area contributed by atoms with Gasteiger partial charge in [-0.05, 0) is 61.0 Å². The third kappa shape index (κ3) is 5.82. The van der Waals surface area contributed by atoms with Crippen molar-refractivity contribution in [1.29, 1.82) is 0 Å². The lowest BCUT2D eigenvalue weighted by molar-refractivity contribution is -0.122. The van der Waals surface area contributed by atoms with Gasteiger partial charge >= 0.3 is 12.0 Å². The molecule has 188 valence electrons. The minimum atomic E-state index is -0.903. The third-order valence-corrected chi connectivity index (χ3v) is 6.07. The van der Waals surface area contributed by atoms with Crippen LogP contribution in [0.2, 0.25) is 10.0 Å². The number of hydrogen-bond acceptors (Lipinski definition) is 6. The van der Waals surface area contributed by atoms with Crippen LogP contribution in [-0.2, 0) is 20.9 Å². The van der Waals surface area contributed by atoms with Crippen LogP contribution in [0.5, 0.6) is 5.75 Å². The summed E-state index contributed by atoms with van der Waals surface area (Å²) in [5, 5.41) is 2.99. The zero-order chi connectivity index (χ0) is 26.5. The number of carbonyl (C=O) groups excluding carboxylic acids is 4. The molecule has 4 amide bonds. The fourth-order valence-electron chi connectivity index (χ4n) is 3.53. The number of imide groups is 2. The standard InChI is InChI=1S/C27H20Cl2N2O6/c1-2-36-26(34)17-8-10-19(11-9-17)31-25(33)20(24(32)30-27(31)35)14-18-5-3-4-6-23(18)37-15-16-7-12-21(28)22(29)13-16/h3-14H,2,15H2,1H3,(H,30,32,35)/b20-14+. The van der Waals surface area contributed by atoms with Gasteiger partial charge in [-0.2, -0.15) is 0 Å². The molecule has 10 heteroatoms. The Morgan fingerprint density at radius 1 is 0.973 bits per heavy atom. The third-order valence-electron chi connectivity index (χ3n) is 5.34. The molecule has 3 aromatic rings. The summed E-state index contributed by atoms with van der Waals surface area (Å²) >= 11 is 12.0. The molecule has 0 aromatic heterocycles. The lowest BCUT2D eigenvalue weighted by Crippen LogP contribution is -2.54. The molecule has 1 saturated heterocycles. The highest BCUT2D eigenvalue weighted by Crippen LogP contribution is 2.27. The Balaban J connectivity index is 1.59. The SMILES string of the molecule is CCOC(=O)c1ccc(N2C(=O)NC(=O)/C(=C\c3ccccc3OCc3ccc(Cl)c(Cl)c3)C2=O)cc1. The Labute approximate surface area is 222 Å². The van der Waals surface area contributed by atoms with E-state index in [4.69, 9.17) is 32.7 Å². The van der Waals surface area contributed by atoms with Crippen molar-refractivity contribution in [3.8, 4) is 5.75 Å². The minimum absolute atomic E-state index is 0.161. The van der Waals surface area contributed by atoms with E-state index in [0.29, 0.717) is 21.4 Å². The molecular weight excluding hydrogens is 519 g/mol. The first-order valence-corrected chi connectivity index (χ1v) is 11.9. The lowest BCUT2D eigenvalue weighted by atomic mass is 10.1. The van der Waals surface area contributed by atoms with Gasteiger partial charge in [0.25, 0.3) is 11.8 Å². The summed E-state index contributed by atoms with van der Waals surface area (Å²) in [4.78, 5) is 51.1. The predicted octanol–water partition coefficient (Wildman–Crippen LogP) is 5.42. The second-order valence-electron chi connectivity index (χ2n) is 7.80. The molecule has 4 rings (SSSR count). The van der Waals surface area contributed by atoms with E-state index in [1.165, 1.54) is 30.3 Å². The number of urea groups is 1. The van der Waals surface area contributed by atoms with E-state index in [1.807, 2.05) is 0 Å². The van der Waals surface area contributed by atoms with Gasteiger partial charge < -0.3 is 9.47 Å². The first-order chi connectivity index (χ1) is 17.8. The number of barbiturate groups is 1. The molecule has 0 unspecified atom stereocenters. The fourth-order valence-corrected chi connectivity index (χ4v) is 3.85. The highest BCUT2D eigenvalue weighted by atomic mass is 35.5. The highest BCUT2D eigenvalue weighted by molar-refractivity contribution is 6.42. The molecule has 0 saturated carbocycles. The van der Waals surface area contributed by atoms with Crippen molar-refractivity contribution in [1.82, 2.24) is 5.32 Å². The normalized spacial score (nSPS) is 14.5. The van der Waals surface area contributed by atoms with Crippen molar-refractivity contribution >= 4 is 58.8 Å². The van der Waals surface area contributed by atoms with Gasteiger partial charge in [-0.1, -0.05) is 47.5 Å². The first-order valence-electron chi connectivity index (χ1n) is 11.1. The lowest BCUT2D eigenvalue weighted by Gasteiger charge is -2.26. The smallest absolute Gasteiger partial charge is 0.338 e. The molecule has 1 heterocycles. The molecule has 1 fully saturated rings. The number of ether oxygens (including phenoxy) is 2. The molecule has 1 aliphatic heterocycles. The van der Waals surface area contributed by atoms with Crippen LogP contribution in [0.25, 0.3) is 6.08 Å². The summed E-state index contributed by atoms with van der Waals surface area (Å²) in [5.41, 5.74) is 1.40. The van der Waals surface area contributed by atoms with Gasteiger partial charge in [0.05, 0.1) is 27.9 Å². The van der Waals surface area contributed by atoms with E-state index in [1.54, 1.807) is 49.4 Å². The summed E-state index contributed by atoms with van der Waals surface area (Å²) in [7, 11) is 0. The number of amides is 4. The molecule has 3 aromatic carbocycles. The van der Waals surface area contributed by atoms with Crippen molar-refractivity contribution in [3.63, 3.8) is 0 Å². The van der Waals surface area contributed by atoms with Crippen LogP contribution < -0.4 is 15.0 Å². The number of hydrogen-bond donors (Lipinski definition) is 1. The second-order valence-corrected chi connectivity index (χ2v) is 8.61. The average Bonchev–Trinajstić information content (AvgIpc) is 2.88. The zero-order valence-corrected chi connectivity index (χ0v) is 21.0. The minimum Gasteiger partial charge on any atom is -0.488 e. The van der Waals surface area contributed by atoms with E-state index in [0.717, 1.165) is 10.5 Å². The van der Waals surface area contributed by atoms with Crippen LogP contribution in [0.15, 0.2) is 72.3 Å². The Kier molecular flexibility index (Phi) is 7.91. The van der Waals surface area contributed by atoms with Crippen molar-refractivity contribution < 1.29 is 28.7 Å². The van der Waals surface area contributed by atoms with Gasteiger partial charge in [-0.25, -0.2) is 14.5 Å². The van der Waals surface area contributed by atoms with E-state index < -0.39 is 23.8 Å². The Bertz CT molecular complexity index is 1420. The molecule has 8 nitrogen and oxygen atoms in total. The number of nitrogens with one attached hydrogen (secondary N) is 1. The Morgan fingerprint density at radius 2 is 1.70 bits per heavy atom. The number of carbonyl (C=O) groups is 4. The monoisotopic (exact) mass is 538 g/mol. The van der Waals surface area contributed by atoms with E-state index in [-0.39, 0.29) is 30.0 Å². The average molecular weight is 539 g/mol. The van der Waals surface area contributed by atoms with E-state index >= 15 is 0 Å². The van der Waals surface area contributed by atoms with Crippen molar-refractivity contribution in [2.24, 2.45) is 0 Å². The van der Waals surface area contributed by atoms with Crippen LogP contribution >= 0.6 is 23.2 Å². The maximum absolute atomic E-state index is 13.2. The van der Waals surface area contributed by atoms with Crippen molar-refractivity contribution in [2.75, 3.05) is 11.5 Å². The molecule has 0 aliphatic carbocycles. The van der Waals surface area contributed by atoms with Gasteiger partial charge in [0, 0.05) is 5.56 Å². The van der Waals surface area contributed by atoms with Crippen molar-refractivity contribution in [2.45, 2.75) is 13.5 Å². The molecule has 0 radical (unpaired) electrons. The maximum Gasteiger partial charge on any atom is 0.338 e. The second kappa shape index (κ2) is 11.3.